The van der Waals surface area contributed by atoms with Crippen LogP contribution in [0.25, 0.3) is 22.5 Å². The molecule has 0 aliphatic heterocycles. The molecular formula is C31H23N5Si. The van der Waals surface area contributed by atoms with E-state index in [9.17, 15) is 0 Å². The fourth-order valence-electron chi connectivity index (χ4n) is 5.08. The fourth-order valence-corrected chi connectivity index (χ4v) is 10.0. The third-order valence-electron chi connectivity index (χ3n) is 6.65. The molecule has 0 saturated carbocycles. The highest BCUT2D eigenvalue weighted by molar-refractivity contribution is 7.20. The van der Waals surface area contributed by atoms with Gasteiger partial charge in [-0.25, -0.2) is 19.9 Å². The Labute approximate surface area is 216 Å². The van der Waals surface area contributed by atoms with Crippen molar-refractivity contribution in [3.8, 4) is 22.5 Å². The van der Waals surface area contributed by atoms with Crippen molar-refractivity contribution >= 4 is 28.8 Å². The van der Waals surface area contributed by atoms with E-state index in [2.05, 4.69) is 87.7 Å². The molecule has 0 unspecified atom stereocenters. The summed E-state index contributed by atoms with van der Waals surface area (Å²) in [5.74, 6) is 0. The van der Waals surface area contributed by atoms with E-state index in [1.165, 1.54) is 10.4 Å². The highest BCUT2D eigenvalue weighted by Crippen LogP contribution is 2.22. The van der Waals surface area contributed by atoms with Crippen LogP contribution in [0.5, 0.6) is 0 Å². The number of hydrogen-bond donors (Lipinski definition) is 0. The van der Waals surface area contributed by atoms with Gasteiger partial charge < -0.3 is 0 Å². The Morgan fingerprint density at radius 3 is 1.35 bits per heavy atom. The molecule has 0 N–H and O–H groups in total. The molecule has 3 aromatic carbocycles. The van der Waals surface area contributed by atoms with E-state index in [1.807, 2.05) is 42.7 Å². The minimum Gasteiger partial charge on any atom is -0.265 e. The molecule has 0 aliphatic carbocycles. The molecule has 0 atom stereocenters. The van der Waals surface area contributed by atoms with E-state index in [1.54, 1.807) is 25.0 Å². The maximum atomic E-state index is 4.87. The van der Waals surface area contributed by atoms with Crippen molar-refractivity contribution in [1.82, 2.24) is 24.9 Å². The minimum atomic E-state index is -3.03. The summed E-state index contributed by atoms with van der Waals surface area (Å²) < 4.78 is 0. The van der Waals surface area contributed by atoms with Gasteiger partial charge in [0.05, 0.1) is 11.4 Å². The van der Waals surface area contributed by atoms with E-state index in [0.717, 1.165) is 32.9 Å². The number of pyridine rings is 1. The number of hydrogen-bond acceptors (Lipinski definition) is 5. The van der Waals surface area contributed by atoms with Crippen LogP contribution < -0.4 is 20.7 Å². The zero-order valence-corrected chi connectivity index (χ0v) is 21.0. The Hall–Kier alpha value is -4.81. The normalized spacial score (nSPS) is 11.2. The summed E-state index contributed by atoms with van der Waals surface area (Å²) in [6.45, 7) is 0. The van der Waals surface area contributed by atoms with Gasteiger partial charge in [-0.05, 0) is 32.9 Å². The molecule has 176 valence electrons. The first-order valence-corrected chi connectivity index (χ1v) is 14.1. The average Bonchev–Trinajstić information content (AvgIpc) is 3.00. The van der Waals surface area contributed by atoms with Crippen molar-refractivity contribution in [3.05, 3.63) is 141 Å². The molecule has 6 rings (SSSR count). The van der Waals surface area contributed by atoms with E-state index >= 15 is 0 Å². The van der Waals surface area contributed by atoms with Crippen LogP contribution in [0.3, 0.4) is 0 Å². The second kappa shape index (κ2) is 10.0. The predicted octanol–water partition coefficient (Wildman–Crippen LogP) is 3.37. The number of rotatable bonds is 6. The van der Waals surface area contributed by atoms with Crippen molar-refractivity contribution < 1.29 is 0 Å². The van der Waals surface area contributed by atoms with E-state index < -0.39 is 8.07 Å². The Balaban J connectivity index is 1.80. The van der Waals surface area contributed by atoms with Gasteiger partial charge >= 0.3 is 0 Å². The zero-order chi connectivity index (χ0) is 24.9. The molecular weight excluding hydrogens is 470 g/mol. The van der Waals surface area contributed by atoms with Gasteiger partial charge in [-0.15, -0.1) is 0 Å². The van der Waals surface area contributed by atoms with Gasteiger partial charge in [0.1, 0.15) is 12.7 Å². The third-order valence-corrected chi connectivity index (χ3v) is 11.4. The Morgan fingerprint density at radius 2 is 0.865 bits per heavy atom. The summed E-state index contributed by atoms with van der Waals surface area (Å²) in [5.41, 5.74) is 3.85. The molecule has 37 heavy (non-hydrogen) atoms. The van der Waals surface area contributed by atoms with Crippen molar-refractivity contribution in [2.24, 2.45) is 0 Å². The first kappa shape index (κ1) is 22.6. The highest BCUT2D eigenvalue weighted by Gasteiger charge is 2.46. The molecule has 6 aromatic rings. The van der Waals surface area contributed by atoms with Crippen molar-refractivity contribution in [3.63, 3.8) is 0 Å². The first-order chi connectivity index (χ1) is 18.4. The average molecular weight is 494 g/mol. The van der Waals surface area contributed by atoms with Crippen LogP contribution in [0.2, 0.25) is 0 Å². The monoisotopic (exact) mass is 493 g/mol. The van der Waals surface area contributed by atoms with Crippen molar-refractivity contribution in [2.75, 3.05) is 0 Å². The number of nitrogens with zero attached hydrogens (tertiary/aromatic N) is 5. The first-order valence-electron chi connectivity index (χ1n) is 12.1. The summed E-state index contributed by atoms with van der Waals surface area (Å²) >= 11 is 0. The van der Waals surface area contributed by atoms with Gasteiger partial charge in [-0.2, -0.15) is 0 Å². The summed E-state index contributed by atoms with van der Waals surface area (Å²) in [6.07, 6.45) is 10.8. The van der Waals surface area contributed by atoms with Gasteiger partial charge in [0.2, 0.25) is 0 Å². The topological polar surface area (TPSA) is 64.5 Å². The quantitative estimate of drug-likeness (QED) is 0.333. The van der Waals surface area contributed by atoms with Crippen LogP contribution in [0.15, 0.2) is 141 Å². The third kappa shape index (κ3) is 4.03. The summed E-state index contributed by atoms with van der Waals surface area (Å²) in [5, 5.41) is 4.57. The van der Waals surface area contributed by atoms with E-state index in [-0.39, 0.29) is 0 Å². The summed E-state index contributed by atoms with van der Waals surface area (Å²) in [4.78, 5) is 23.1. The van der Waals surface area contributed by atoms with Gasteiger partial charge in [-0.1, -0.05) is 91.0 Å². The Bertz CT molecular complexity index is 1490. The van der Waals surface area contributed by atoms with Gasteiger partial charge in [0, 0.05) is 35.9 Å². The maximum Gasteiger partial charge on any atom is 0.188 e. The molecule has 0 radical (unpaired) electrons. The zero-order valence-electron chi connectivity index (χ0n) is 20.0. The van der Waals surface area contributed by atoms with Gasteiger partial charge in [-0.3, -0.25) is 4.98 Å². The van der Waals surface area contributed by atoms with Crippen LogP contribution in [-0.2, 0) is 0 Å². The van der Waals surface area contributed by atoms with Crippen molar-refractivity contribution in [2.45, 2.75) is 0 Å². The molecule has 0 bridgehead atoms. The second-order valence-corrected chi connectivity index (χ2v) is 12.4. The van der Waals surface area contributed by atoms with Gasteiger partial charge in [0.25, 0.3) is 0 Å². The van der Waals surface area contributed by atoms with Crippen LogP contribution in [0.1, 0.15) is 0 Å². The molecule has 0 aliphatic rings. The second-order valence-electron chi connectivity index (χ2n) is 8.65. The van der Waals surface area contributed by atoms with Crippen LogP contribution in [0, 0.1) is 0 Å². The molecule has 3 aromatic heterocycles. The van der Waals surface area contributed by atoms with Crippen LogP contribution >= 0.6 is 0 Å². The smallest absolute Gasteiger partial charge is 0.188 e. The minimum absolute atomic E-state index is 0.889. The lowest BCUT2D eigenvalue weighted by atomic mass is 10.1. The van der Waals surface area contributed by atoms with E-state index in [4.69, 9.17) is 9.97 Å². The molecule has 3 heterocycles. The number of aromatic nitrogens is 5. The summed E-state index contributed by atoms with van der Waals surface area (Å²) in [7, 11) is -3.03. The number of benzene rings is 3. The SMILES string of the molecule is c1ccc(-c2ncncc2[Si](c2ccccc2)(c2ccccc2)c2cncnc2-c2ccncc2)cc1. The molecule has 0 amide bonds. The Morgan fingerprint density at radius 1 is 0.432 bits per heavy atom. The molecule has 0 saturated heterocycles. The summed E-state index contributed by atoms with van der Waals surface area (Å²) in [6, 6.07) is 35.7. The van der Waals surface area contributed by atoms with E-state index in [0.29, 0.717) is 0 Å². The molecule has 0 spiro atoms. The molecule has 6 heteroatoms. The fraction of sp³-hybridized carbons (Fsp3) is 0. The lowest BCUT2D eigenvalue weighted by molar-refractivity contribution is 1.18. The lowest BCUT2D eigenvalue weighted by Gasteiger charge is -2.35. The van der Waals surface area contributed by atoms with Gasteiger partial charge in [0.15, 0.2) is 8.07 Å². The predicted molar refractivity (Wildman–Crippen MR) is 150 cm³/mol. The standard InChI is InChI=1S/C31H23N5Si/c1-4-10-24(11-5-1)30-28(20-33-22-35-30)37(26-12-6-2-7-13-26,27-14-8-3-9-15-27)29-21-34-23-36-31(29)25-16-18-32-19-17-25/h1-23H. The molecule has 5 nitrogen and oxygen atoms in total. The Kier molecular flexibility index (Phi) is 6.15. The molecule has 0 fully saturated rings. The highest BCUT2D eigenvalue weighted by atomic mass is 28.3. The lowest BCUT2D eigenvalue weighted by Crippen LogP contribution is -2.75. The maximum absolute atomic E-state index is 4.87. The van der Waals surface area contributed by atoms with Crippen molar-refractivity contribution in [1.29, 1.82) is 0 Å². The van der Waals surface area contributed by atoms with Crippen LogP contribution in [0.4, 0.5) is 0 Å². The largest absolute Gasteiger partial charge is 0.265 e. The van der Waals surface area contributed by atoms with Crippen LogP contribution in [-0.4, -0.2) is 33.0 Å².